The summed E-state index contributed by atoms with van der Waals surface area (Å²) in [6, 6.07) is 11.3. The molecule has 3 saturated heterocycles. The number of hydrogen-bond acceptors (Lipinski definition) is 10. The van der Waals surface area contributed by atoms with Gasteiger partial charge in [-0.2, -0.15) is 22.7 Å². The van der Waals surface area contributed by atoms with Gasteiger partial charge in [-0.05, 0) is 108 Å². The van der Waals surface area contributed by atoms with Crippen LogP contribution in [0.1, 0.15) is 88.8 Å². The van der Waals surface area contributed by atoms with Crippen molar-refractivity contribution < 1.29 is 41.9 Å². The highest BCUT2D eigenvalue weighted by Crippen LogP contribution is 2.42. The van der Waals surface area contributed by atoms with Gasteiger partial charge in [-0.1, -0.05) is 12.1 Å². The molecule has 2 aromatic carbocycles. The Hall–Kier alpha value is -4.21. The van der Waals surface area contributed by atoms with Gasteiger partial charge in [0.05, 0.1) is 42.4 Å². The predicted molar refractivity (Wildman–Crippen MR) is 212 cm³/mol. The van der Waals surface area contributed by atoms with Crippen LogP contribution in [0.25, 0.3) is 0 Å². The minimum atomic E-state index is -4.76. The molecule has 6 amide bonds. The third-order valence-electron chi connectivity index (χ3n) is 11.4. The number of carbonyl (C=O) groups is 5. The van der Waals surface area contributed by atoms with E-state index in [2.05, 4.69) is 34.3 Å². The summed E-state index contributed by atoms with van der Waals surface area (Å²) in [6.45, 7) is 10.5. The highest BCUT2D eigenvalue weighted by atomic mass is 35.5. The summed E-state index contributed by atoms with van der Waals surface area (Å²) in [6.07, 6.45) is -1.42. The Bertz CT molecular complexity index is 1910. The first-order valence-electron chi connectivity index (χ1n) is 19.3. The number of piperazine rings is 1. The van der Waals surface area contributed by atoms with E-state index < -0.39 is 34.8 Å². The standard InChI is InChI=1S/C40H48F3N7O6S.ClH/c1-24-21-47(22-25(2)48(24)23-35(52)45-28-8-5-26(6-9-28)32-15-16-34(51)46-36(32)53)17-18-56-30-12-10-29(11-13-30)49-38(55)50(37(54)39(49,3)4)57-31-14-7-27(20-44)33(19-31)40(41,42)43;/h5-9,14,19,24-25,29-30,32H,10-13,15-18,21-23H2,1-4H3,(H,45,52)(H,46,51,53);1H/t24-,25+,29?,30?,32?;. The number of anilines is 1. The van der Waals surface area contributed by atoms with Gasteiger partial charge in [0.2, 0.25) is 17.7 Å². The van der Waals surface area contributed by atoms with E-state index >= 15 is 0 Å². The first-order chi connectivity index (χ1) is 27.0. The van der Waals surface area contributed by atoms with E-state index in [1.165, 1.54) is 12.1 Å². The van der Waals surface area contributed by atoms with E-state index in [-0.39, 0.29) is 71.7 Å². The summed E-state index contributed by atoms with van der Waals surface area (Å²) >= 11 is 0.633. The predicted octanol–water partition coefficient (Wildman–Crippen LogP) is 5.93. The average molecular weight is 848 g/mol. The Kier molecular flexibility index (Phi) is 14.2. The zero-order valence-electron chi connectivity index (χ0n) is 32.8. The van der Waals surface area contributed by atoms with Gasteiger partial charge in [0.25, 0.3) is 5.91 Å². The Morgan fingerprint density at radius 2 is 1.66 bits per heavy atom. The maximum absolute atomic E-state index is 13.6. The second kappa shape index (κ2) is 18.4. The molecule has 1 unspecified atom stereocenters. The number of nitriles is 1. The van der Waals surface area contributed by atoms with Crippen LogP contribution in [0.15, 0.2) is 47.4 Å². The molecule has 0 aromatic heterocycles. The molecule has 13 nitrogen and oxygen atoms in total. The summed E-state index contributed by atoms with van der Waals surface area (Å²) in [5, 5.41) is 14.5. The Morgan fingerprint density at radius 3 is 2.26 bits per heavy atom. The highest BCUT2D eigenvalue weighted by Gasteiger charge is 2.55. The molecule has 2 N–H and O–H groups in total. The molecule has 4 aliphatic rings. The van der Waals surface area contributed by atoms with Crippen molar-refractivity contribution in [3.8, 4) is 6.07 Å². The van der Waals surface area contributed by atoms with Crippen LogP contribution < -0.4 is 10.6 Å². The third-order valence-corrected chi connectivity index (χ3v) is 12.4. The maximum Gasteiger partial charge on any atom is 0.417 e. The van der Waals surface area contributed by atoms with E-state index in [0.717, 1.165) is 41.6 Å². The molecule has 6 rings (SSSR count). The molecular formula is C40H49ClF3N7O6S. The molecule has 4 fully saturated rings. The van der Waals surface area contributed by atoms with Gasteiger partial charge >= 0.3 is 12.2 Å². The minimum Gasteiger partial charge on any atom is -0.377 e. The highest BCUT2D eigenvalue weighted by molar-refractivity contribution is 7.98. The van der Waals surface area contributed by atoms with Crippen molar-refractivity contribution in [1.29, 1.82) is 5.26 Å². The molecule has 18 heteroatoms. The SMILES string of the molecule is C[C@@H]1CN(CCOC2CCC(N3C(=O)N(Sc4ccc(C#N)c(C(F)(F)F)c4)C(=O)C3(C)C)CC2)C[C@H](C)N1CC(=O)Nc1ccc(C2CCC(=O)NC2=O)cc1.Cl. The smallest absolute Gasteiger partial charge is 0.377 e. The number of amides is 6. The fourth-order valence-corrected chi connectivity index (χ4v) is 9.42. The van der Waals surface area contributed by atoms with Crippen LogP contribution in [-0.4, -0.2) is 111 Å². The van der Waals surface area contributed by atoms with E-state index in [1.54, 1.807) is 30.9 Å². The largest absolute Gasteiger partial charge is 0.417 e. The summed E-state index contributed by atoms with van der Waals surface area (Å²) in [7, 11) is 0. The van der Waals surface area contributed by atoms with Crippen LogP contribution in [0.5, 0.6) is 0 Å². The first-order valence-corrected chi connectivity index (χ1v) is 20.0. The monoisotopic (exact) mass is 847 g/mol. The van der Waals surface area contributed by atoms with Crippen molar-refractivity contribution in [2.24, 2.45) is 0 Å². The molecule has 0 radical (unpaired) electrons. The van der Waals surface area contributed by atoms with E-state index in [0.29, 0.717) is 62.8 Å². The first kappa shape index (κ1) is 44.9. The van der Waals surface area contributed by atoms with E-state index in [9.17, 15) is 37.1 Å². The summed E-state index contributed by atoms with van der Waals surface area (Å²) < 4.78 is 47.9. The zero-order chi connectivity index (χ0) is 41.2. The number of nitrogens with one attached hydrogen (secondary N) is 2. The van der Waals surface area contributed by atoms with Crippen LogP contribution in [0.4, 0.5) is 23.7 Å². The Balaban J connectivity index is 0.00000641. The van der Waals surface area contributed by atoms with E-state index in [4.69, 9.17) is 10.00 Å². The lowest BCUT2D eigenvalue weighted by Gasteiger charge is -2.44. The lowest BCUT2D eigenvalue weighted by molar-refractivity contribution is -0.138. The number of halogens is 4. The zero-order valence-corrected chi connectivity index (χ0v) is 34.5. The fraction of sp³-hybridized carbons (Fsp3) is 0.550. The third kappa shape index (κ3) is 9.96. The second-order valence-electron chi connectivity index (χ2n) is 15.8. The van der Waals surface area contributed by atoms with Crippen LogP contribution in [0, 0.1) is 11.3 Å². The molecule has 3 atom stereocenters. The van der Waals surface area contributed by atoms with Crippen molar-refractivity contribution in [3.05, 3.63) is 59.2 Å². The molecule has 3 heterocycles. The number of carbonyl (C=O) groups excluding carboxylic acids is 5. The number of imide groups is 2. The van der Waals surface area contributed by atoms with Crippen LogP contribution in [0.3, 0.4) is 0 Å². The lowest BCUT2D eigenvalue weighted by atomic mass is 9.89. The number of benzene rings is 2. The number of rotatable bonds is 11. The minimum absolute atomic E-state index is 0. The quantitative estimate of drug-likeness (QED) is 0.158. The van der Waals surface area contributed by atoms with Gasteiger partial charge in [0.1, 0.15) is 5.54 Å². The van der Waals surface area contributed by atoms with Crippen molar-refractivity contribution >= 4 is 59.7 Å². The molecule has 314 valence electrons. The van der Waals surface area contributed by atoms with Crippen molar-refractivity contribution in [3.63, 3.8) is 0 Å². The lowest BCUT2D eigenvalue weighted by Crippen LogP contribution is -2.58. The van der Waals surface area contributed by atoms with Crippen LogP contribution in [0.2, 0.25) is 0 Å². The van der Waals surface area contributed by atoms with Crippen molar-refractivity contribution in [2.75, 3.05) is 38.1 Å². The molecule has 1 aliphatic carbocycles. The average Bonchev–Trinajstić information content (AvgIpc) is 3.32. The molecule has 0 bridgehead atoms. The van der Waals surface area contributed by atoms with Crippen LogP contribution in [-0.2, 0) is 30.1 Å². The van der Waals surface area contributed by atoms with Gasteiger partial charge in [-0.3, -0.25) is 34.3 Å². The van der Waals surface area contributed by atoms with Crippen molar-refractivity contribution in [2.45, 2.75) is 113 Å². The number of piperidine rings is 1. The van der Waals surface area contributed by atoms with Gasteiger partial charge in [-0.25, -0.2) is 4.79 Å². The molecule has 3 aliphatic heterocycles. The Labute approximate surface area is 346 Å². The normalized spacial score (nSPS) is 25.6. The van der Waals surface area contributed by atoms with Crippen molar-refractivity contribution in [1.82, 2.24) is 24.3 Å². The topological polar surface area (TPSA) is 155 Å². The number of nitrogens with zero attached hydrogens (tertiary/aromatic N) is 5. The number of ether oxygens (including phenoxy) is 1. The molecule has 0 spiro atoms. The number of alkyl halides is 3. The number of hydrogen-bond donors (Lipinski definition) is 2. The Morgan fingerprint density at radius 1 is 1.00 bits per heavy atom. The van der Waals surface area contributed by atoms with Crippen LogP contribution >= 0.6 is 24.4 Å². The number of urea groups is 1. The molecule has 1 saturated carbocycles. The molecule has 58 heavy (non-hydrogen) atoms. The van der Waals surface area contributed by atoms with Gasteiger partial charge in [0.15, 0.2) is 0 Å². The summed E-state index contributed by atoms with van der Waals surface area (Å²) in [5.74, 6) is -1.59. The summed E-state index contributed by atoms with van der Waals surface area (Å²) in [4.78, 5) is 69.8. The van der Waals surface area contributed by atoms with Gasteiger partial charge in [-0.15, -0.1) is 12.4 Å². The molecular weight excluding hydrogens is 799 g/mol. The fourth-order valence-electron chi connectivity index (χ4n) is 8.44. The van der Waals surface area contributed by atoms with E-state index in [1.807, 2.05) is 12.1 Å². The van der Waals surface area contributed by atoms with Gasteiger partial charge in [0, 0.05) is 54.8 Å². The maximum atomic E-state index is 13.6. The summed E-state index contributed by atoms with van der Waals surface area (Å²) in [5.41, 5.74) is -1.41. The molecule has 2 aromatic rings. The van der Waals surface area contributed by atoms with Gasteiger partial charge < -0.3 is 15.0 Å². The second-order valence-corrected chi connectivity index (χ2v) is 16.8.